The van der Waals surface area contributed by atoms with Crippen LogP contribution in [0.1, 0.15) is 20.8 Å². The maximum Gasteiger partial charge on any atom is 0.211 e. The quantitative estimate of drug-likeness (QED) is 0.324. The number of rotatable bonds is 7. The van der Waals surface area contributed by atoms with Gasteiger partial charge in [-0.05, 0) is 67.6 Å². The lowest BCUT2D eigenvalue weighted by Crippen LogP contribution is -2.08. The Morgan fingerprint density at radius 3 is 2.18 bits per heavy atom. The lowest BCUT2D eigenvalue weighted by atomic mass is 10.1. The van der Waals surface area contributed by atoms with E-state index in [1.807, 2.05) is 19.1 Å². The molecule has 0 atom stereocenters. The lowest BCUT2D eigenvalue weighted by Gasteiger charge is -2.10. The number of hydrogen-bond donors (Lipinski definition) is 2. The average Bonchev–Trinajstić information content (AvgIpc) is 3.16. The minimum atomic E-state index is -4.10. The molecule has 0 saturated heterocycles. The molecule has 1 heterocycles. The second kappa shape index (κ2) is 9.28. The van der Waals surface area contributed by atoms with Gasteiger partial charge < -0.3 is 15.8 Å². The van der Waals surface area contributed by atoms with E-state index < -0.39 is 21.4 Å². The molecular weight excluding hydrogens is 475 g/mol. The molecule has 4 rings (SSSR count). The Kier molecular flexibility index (Phi) is 6.41. The molecule has 9 heteroatoms. The largest absolute Gasteiger partial charge is 0.497 e. The molecule has 1 aromatic heterocycles. The molecule has 4 aromatic rings. The van der Waals surface area contributed by atoms with Crippen molar-refractivity contribution in [2.24, 2.45) is 0 Å². The van der Waals surface area contributed by atoms with E-state index in [0.717, 1.165) is 29.0 Å². The summed E-state index contributed by atoms with van der Waals surface area (Å²) in [6.07, 6.45) is 0. The predicted octanol–water partition coefficient (Wildman–Crippen LogP) is 5.59. The molecule has 0 aliphatic carbocycles. The zero-order chi connectivity index (χ0) is 24.5. The molecule has 3 aromatic carbocycles. The number of nitrogen functional groups attached to an aromatic ring is 1. The van der Waals surface area contributed by atoms with E-state index in [0.29, 0.717) is 11.4 Å². The fourth-order valence-corrected chi connectivity index (χ4v) is 6.25. The van der Waals surface area contributed by atoms with Crippen molar-refractivity contribution in [1.82, 2.24) is 0 Å². The number of nitrogens with one attached hydrogen (secondary N) is 1. The second-order valence-electron chi connectivity index (χ2n) is 7.51. The van der Waals surface area contributed by atoms with E-state index in [2.05, 4.69) is 5.32 Å². The molecule has 3 N–H and O–H groups in total. The smallest absolute Gasteiger partial charge is 0.211 e. The second-order valence-corrected chi connectivity index (χ2v) is 10.4. The van der Waals surface area contributed by atoms with Gasteiger partial charge in [0.2, 0.25) is 15.6 Å². The maximum absolute atomic E-state index is 13.6. The summed E-state index contributed by atoms with van der Waals surface area (Å²) >= 11 is 0.938. The molecular formula is C25H21FN2O4S2. The van der Waals surface area contributed by atoms with Crippen LogP contribution in [-0.2, 0) is 9.84 Å². The molecule has 6 nitrogen and oxygen atoms in total. The topological polar surface area (TPSA) is 98.5 Å². The highest BCUT2D eigenvalue weighted by Crippen LogP contribution is 2.44. The molecule has 0 radical (unpaired) electrons. The van der Waals surface area contributed by atoms with Crippen molar-refractivity contribution >= 4 is 43.3 Å². The number of anilines is 3. The highest BCUT2D eigenvalue weighted by atomic mass is 32.2. The third-order valence-electron chi connectivity index (χ3n) is 5.16. The number of nitrogens with two attached hydrogens (primary N) is 1. The fourth-order valence-electron chi connectivity index (χ4n) is 3.32. The number of halogens is 1. The van der Waals surface area contributed by atoms with Gasteiger partial charge in [0.25, 0.3) is 0 Å². The van der Waals surface area contributed by atoms with Gasteiger partial charge in [-0.25, -0.2) is 12.8 Å². The van der Waals surface area contributed by atoms with E-state index in [1.54, 1.807) is 12.1 Å². The predicted molar refractivity (Wildman–Crippen MR) is 131 cm³/mol. The van der Waals surface area contributed by atoms with Gasteiger partial charge in [0.15, 0.2) is 0 Å². The van der Waals surface area contributed by atoms with Gasteiger partial charge in [0.1, 0.15) is 26.3 Å². The van der Waals surface area contributed by atoms with Crippen molar-refractivity contribution in [2.45, 2.75) is 16.7 Å². The van der Waals surface area contributed by atoms with Crippen LogP contribution in [0.15, 0.2) is 82.6 Å². The highest BCUT2D eigenvalue weighted by molar-refractivity contribution is 7.92. The minimum Gasteiger partial charge on any atom is -0.497 e. The monoisotopic (exact) mass is 496 g/mol. The summed E-state index contributed by atoms with van der Waals surface area (Å²) in [5, 5.41) is 3.31. The van der Waals surface area contributed by atoms with Crippen LogP contribution in [0.4, 0.5) is 20.8 Å². The normalized spacial score (nSPS) is 11.3. The van der Waals surface area contributed by atoms with Crippen molar-refractivity contribution in [3.8, 4) is 5.75 Å². The summed E-state index contributed by atoms with van der Waals surface area (Å²) in [6, 6.07) is 18.3. The van der Waals surface area contributed by atoms with E-state index in [-0.39, 0.29) is 30.9 Å². The molecule has 0 fully saturated rings. The first-order valence-electron chi connectivity index (χ1n) is 10.2. The van der Waals surface area contributed by atoms with Crippen molar-refractivity contribution in [3.05, 3.63) is 94.6 Å². The lowest BCUT2D eigenvalue weighted by molar-refractivity contribution is 0.104. The number of carbonyl (C=O) groups is 1. The van der Waals surface area contributed by atoms with Gasteiger partial charge in [-0.2, -0.15) is 0 Å². The number of ketones is 1. The molecule has 0 saturated carbocycles. The summed E-state index contributed by atoms with van der Waals surface area (Å²) in [4.78, 5) is 13.0. The van der Waals surface area contributed by atoms with Crippen LogP contribution >= 0.6 is 11.3 Å². The molecule has 0 aliphatic heterocycles. The maximum atomic E-state index is 13.6. The molecule has 174 valence electrons. The van der Waals surface area contributed by atoms with E-state index in [9.17, 15) is 17.6 Å². The summed E-state index contributed by atoms with van der Waals surface area (Å²) in [5.74, 6) is -0.478. The van der Waals surface area contributed by atoms with Crippen molar-refractivity contribution in [3.63, 3.8) is 0 Å². The number of hydrogen-bond acceptors (Lipinski definition) is 7. The van der Waals surface area contributed by atoms with Crippen molar-refractivity contribution < 1.29 is 22.3 Å². The van der Waals surface area contributed by atoms with Crippen LogP contribution in [0.25, 0.3) is 0 Å². The molecule has 0 spiro atoms. The van der Waals surface area contributed by atoms with Crippen LogP contribution in [0.3, 0.4) is 0 Å². The van der Waals surface area contributed by atoms with E-state index in [4.69, 9.17) is 10.5 Å². The minimum absolute atomic E-state index is 0.00513. The van der Waals surface area contributed by atoms with Crippen LogP contribution in [0.2, 0.25) is 0 Å². The first kappa shape index (κ1) is 23.5. The van der Waals surface area contributed by atoms with Gasteiger partial charge in [0.05, 0.1) is 17.7 Å². The van der Waals surface area contributed by atoms with Gasteiger partial charge in [-0.15, -0.1) is 11.3 Å². The summed E-state index contributed by atoms with van der Waals surface area (Å²) < 4.78 is 45.7. The number of aryl methyl sites for hydroxylation is 1. The number of methoxy groups -OCH3 is 1. The van der Waals surface area contributed by atoms with Crippen LogP contribution in [0, 0.1) is 12.7 Å². The van der Waals surface area contributed by atoms with Crippen LogP contribution in [0.5, 0.6) is 5.75 Å². The van der Waals surface area contributed by atoms with Gasteiger partial charge in [-0.1, -0.05) is 17.7 Å². The SMILES string of the molecule is COc1ccc(S(=O)(=O)c2c(Nc3ccc(C)cc3)sc(C(=O)c3ccc(F)cc3)c2N)cc1. The first-order valence-corrected chi connectivity index (χ1v) is 12.5. The summed E-state index contributed by atoms with van der Waals surface area (Å²) in [5.41, 5.74) is 8.01. The van der Waals surface area contributed by atoms with Gasteiger partial charge >= 0.3 is 0 Å². The molecule has 34 heavy (non-hydrogen) atoms. The van der Waals surface area contributed by atoms with Gasteiger partial charge in [-0.3, -0.25) is 4.79 Å². The van der Waals surface area contributed by atoms with E-state index >= 15 is 0 Å². The highest BCUT2D eigenvalue weighted by Gasteiger charge is 2.31. The van der Waals surface area contributed by atoms with Crippen LogP contribution in [-0.4, -0.2) is 21.3 Å². The zero-order valence-electron chi connectivity index (χ0n) is 18.3. The Morgan fingerprint density at radius 2 is 1.59 bits per heavy atom. The number of benzene rings is 3. The number of thiophene rings is 1. The number of carbonyl (C=O) groups excluding carboxylic acids is 1. The Hall–Kier alpha value is -3.69. The third-order valence-corrected chi connectivity index (χ3v) is 8.26. The van der Waals surface area contributed by atoms with Gasteiger partial charge in [0, 0.05) is 11.3 Å². The average molecular weight is 497 g/mol. The van der Waals surface area contributed by atoms with E-state index in [1.165, 1.54) is 43.5 Å². The first-order chi connectivity index (χ1) is 16.2. The molecule has 0 unspecified atom stereocenters. The zero-order valence-corrected chi connectivity index (χ0v) is 20.0. The standard InChI is InChI=1S/C25H21FN2O4S2/c1-15-3-9-18(10-4-15)28-25-24(34(30,31)20-13-11-19(32-2)12-14-20)21(27)23(33-25)22(29)16-5-7-17(26)8-6-16/h3-14,28H,27H2,1-2H3. The Bertz CT molecular complexity index is 1440. The molecule has 0 aliphatic rings. The van der Waals surface area contributed by atoms with Crippen molar-refractivity contribution in [1.29, 1.82) is 0 Å². The molecule has 0 bridgehead atoms. The fraction of sp³-hybridized carbons (Fsp3) is 0.0800. The number of sulfone groups is 1. The third kappa shape index (κ3) is 4.52. The van der Waals surface area contributed by atoms with Crippen LogP contribution < -0.4 is 15.8 Å². The van der Waals surface area contributed by atoms with Crippen molar-refractivity contribution in [2.75, 3.05) is 18.2 Å². The Morgan fingerprint density at radius 1 is 0.971 bits per heavy atom. The molecule has 0 amide bonds. The summed E-state index contributed by atoms with van der Waals surface area (Å²) in [7, 11) is -2.62. The number of ether oxygens (including phenoxy) is 1. The Balaban J connectivity index is 1.86. The summed E-state index contributed by atoms with van der Waals surface area (Å²) in [6.45, 7) is 1.94. The Labute approximate surface area is 200 Å².